The van der Waals surface area contributed by atoms with E-state index in [4.69, 9.17) is 0 Å². The lowest BCUT2D eigenvalue weighted by atomic mass is 9.93. The van der Waals surface area contributed by atoms with E-state index in [1.807, 2.05) is 25.1 Å². The normalized spacial score (nSPS) is 19.6. The fraction of sp³-hybridized carbons (Fsp3) is 0.438. The molecule has 0 unspecified atom stereocenters. The molecule has 0 N–H and O–H groups in total. The van der Waals surface area contributed by atoms with Crippen molar-refractivity contribution in [3.05, 3.63) is 45.4 Å². The second-order valence-corrected chi connectivity index (χ2v) is 5.74. The summed E-state index contributed by atoms with van der Waals surface area (Å²) >= 11 is 3.53. The molecule has 18 heavy (non-hydrogen) atoms. The average molecular weight is 307 g/mol. The molecular formula is C16H19BrO. The van der Waals surface area contributed by atoms with Gasteiger partial charge in [0, 0.05) is 10.0 Å². The lowest BCUT2D eigenvalue weighted by Crippen LogP contribution is -2.06. The van der Waals surface area contributed by atoms with Crippen molar-refractivity contribution in [3.8, 4) is 0 Å². The van der Waals surface area contributed by atoms with Gasteiger partial charge >= 0.3 is 0 Å². The van der Waals surface area contributed by atoms with E-state index in [9.17, 15) is 4.79 Å². The summed E-state index contributed by atoms with van der Waals surface area (Å²) in [6.45, 7) is 2.02. The molecule has 1 aromatic rings. The van der Waals surface area contributed by atoms with Crippen LogP contribution in [0.15, 0.2) is 34.3 Å². The van der Waals surface area contributed by atoms with Gasteiger partial charge in [-0.15, -0.1) is 0 Å². The Kier molecular flexibility index (Phi) is 4.76. The zero-order valence-corrected chi connectivity index (χ0v) is 12.4. The minimum absolute atomic E-state index is 0.201. The van der Waals surface area contributed by atoms with Crippen molar-refractivity contribution in [2.75, 3.05) is 0 Å². The number of ketones is 1. The largest absolute Gasteiger partial charge is 0.289 e. The Bertz CT molecular complexity index is 474. The Hall–Kier alpha value is -0.890. The number of carbonyl (C=O) groups is 1. The number of Topliss-reactive ketones (excluding diaryl/α,β-unsaturated/α-hetero) is 1. The SMILES string of the molecule is Cc1cccc(C(=O)/C2=C/CCCCCC2)c1Br. The standard InChI is InChI=1S/C16H19BrO/c1-12-8-7-11-14(15(12)17)16(18)13-9-5-3-2-4-6-10-13/h7-9,11H,2-6,10H2,1H3/b13-9+. The Morgan fingerprint density at radius 2 is 1.94 bits per heavy atom. The number of carbonyl (C=O) groups excluding carboxylic acids is 1. The summed E-state index contributed by atoms with van der Waals surface area (Å²) in [5, 5.41) is 0. The number of benzene rings is 1. The molecule has 2 heteroatoms. The van der Waals surface area contributed by atoms with Gasteiger partial charge in [-0.25, -0.2) is 0 Å². The van der Waals surface area contributed by atoms with Crippen molar-refractivity contribution in [2.45, 2.75) is 45.4 Å². The van der Waals surface area contributed by atoms with Crippen LogP contribution >= 0.6 is 15.9 Å². The number of rotatable bonds is 2. The van der Waals surface area contributed by atoms with E-state index in [0.717, 1.165) is 40.4 Å². The first kappa shape index (κ1) is 13.5. The predicted octanol–water partition coefficient (Wildman–Crippen LogP) is 5.22. The van der Waals surface area contributed by atoms with Gasteiger partial charge in [-0.05, 0) is 65.7 Å². The third-order valence-electron chi connectivity index (χ3n) is 3.52. The smallest absolute Gasteiger partial charge is 0.189 e. The lowest BCUT2D eigenvalue weighted by Gasteiger charge is -2.12. The van der Waals surface area contributed by atoms with Gasteiger partial charge in [0.05, 0.1) is 0 Å². The molecule has 0 aromatic heterocycles. The molecule has 1 aliphatic carbocycles. The molecule has 0 radical (unpaired) electrons. The molecular weight excluding hydrogens is 288 g/mol. The van der Waals surface area contributed by atoms with Crippen LogP contribution in [0.5, 0.6) is 0 Å². The molecule has 1 nitrogen and oxygen atoms in total. The molecule has 0 amide bonds. The van der Waals surface area contributed by atoms with Gasteiger partial charge in [0.1, 0.15) is 0 Å². The van der Waals surface area contributed by atoms with Crippen molar-refractivity contribution in [3.63, 3.8) is 0 Å². The summed E-state index contributed by atoms with van der Waals surface area (Å²) in [5.74, 6) is 0.201. The highest BCUT2D eigenvalue weighted by molar-refractivity contribution is 9.10. The highest BCUT2D eigenvalue weighted by atomic mass is 79.9. The van der Waals surface area contributed by atoms with E-state index >= 15 is 0 Å². The van der Waals surface area contributed by atoms with E-state index in [2.05, 4.69) is 22.0 Å². The van der Waals surface area contributed by atoms with Crippen LogP contribution in [-0.2, 0) is 0 Å². The number of halogens is 1. The van der Waals surface area contributed by atoms with E-state index in [1.165, 1.54) is 19.3 Å². The second-order valence-electron chi connectivity index (χ2n) is 4.95. The van der Waals surface area contributed by atoms with Crippen LogP contribution in [0.1, 0.15) is 54.4 Å². The summed E-state index contributed by atoms with van der Waals surface area (Å²) in [6.07, 6.45) is 9.03. The molecule has 1 aliphatic rings. The van der Waals surface area contributed by atoms with Gasteiger partial charge in [0.2, 0.25) is 0 Å². The Balaban J connectivity index is 2.26. The first-order chi connectivity index (χ1) is 8.70. The lowest BCUT2D eigenvalue weighted by molar-refractivity contribution is 0.102. The quantitative estimate of drug-likeness (QED) is 0.685. The molecule has 96 valence electrons. The minimum Gasteiger partial charge on any atom is -0.289 e. The molecule has 1 aromatic carbocycles. The summed E-state index contributed by atoms with van der Waals surface area (Å²) in [5.41, 5.74) is 2.93. The Labute approximate surface area is 117 Å². The fourth-order valence-electron chi connectivity index (χ4n) is 2.39. The third kappa shape index (κ3) is 3.11. The van der Waals surface area contributed by atoms with E-state index in [-0.39, 0.29) is 5.78 Å². The molecule has 2 rings (SSSR count). The second kappa shape index (κ2) is 6.33. The monoisotopic (exact) mass is 306 g/mol. The van der Waals surface area contributed by atoms with Gasteiger partial charge in [-0.3, -0.25) is 4.79 Å². The van der Waals surface area contributed by atoms with E-state index in [0.29, 0.717) is 0 Å². The first-order valence-corrected chi connectivity index (χ1v) is 7.48. The fourth-order valence-corrected chi connectivity index (χ4v) is 2.84. The maximum absolute atomic E-state index is 12.5. The predicted molar refractivity (Wildman–Crippen MR) is 79.0 cm³/mol. The van der Waals surface area contributed by atoms with Crippen LogP contribution in [0.2, 0.25) is 0 Å². The van der Waals surface area contributed by atoms with Crippen LogP contribution in [0.4, 0.5) is 0 Å². The van der Waals surface area contributed by atoms with Crippen LogP contribution in [-0.4, -0.2) is 5.78 Å². The molecule has 0 saturated heterocycles. The van der Waals surface area contributed by atoms with E-state index in [1.54, 1.807) is 0 Å². The van der Waals surface area contributed by atoms with E-state index < -0.39 is 0 Å². The number of allylic oxidation sites excluding steroid dienone is 2. The van der Waals surface area contributed by atoms with Crippen molar-refractivity contribution in [2.24, 2.45) is 0 Å². The molecule has 0 spiro atoms. The zero-order chi connectivity index (χ0) is 13.0. The Morgan fingerprint density at radius 3 is 2.78 bits per heavy atom. The summed E-state index contributed by atoms with van der Waals surface area (Å²) in [4.78, 5) is 12.5. The third-order valence-corrected chi connectivity index (χ3v) is 4.57. The molecule has 0 bridgehead atoms. The van der Waals surface area contributed by atoms with Crippen molar-refractivity contribution in [1.82, 2.24) is 0 Å². The number of hydrogen-bond acceptors (Lipinski definition) is 1. The molecule has 0 atom stereocenters. The van der Waals surface area contributed by atoms with Crippen LogP contribution in [0, 0.1) is 6.92 Å². The highest BCUT2D eigenvalue weighted by Gasteiger charge is 2.16. The molecule has 0 saturated carbocycles. The van der Waals surface area contributed by atoms with Crippen molar-refractivity contribution < 1.29 is 4.79 Å². The Morgan fingerprint density at radius 1 is 1.17 bits per heavy atom. The summed E-state index contributed by atoms with van der Waals surface area (Å²) in [6, 6.07) is 5.89. The van der Waals surface area contributed by atoms with Gasteiger partial charge in [0.15, 0.2) is 5.78 Å². The minimum atomic E-state index is 0.201. The maximum Gasteiger partial charge on any atom is 0.189 e. The topological polar surface area (TPSA) is 17.1 Å². The van der Waals surface area contributed by atoms with Crippen LogP contribution in [0.3, 0.4) is 0 Å². The van der Waals surface area contributed by atoms with Gasteiger partial charge in [-0.1, -0.05) is 31.1 Å². The van der Waals surface area contributed by atoms with Crippen LogP contribution < -0.4 is 0 Å². The molecule has 0 fully saturated rings. The summed E-state index contributed by atoms with van der Waals surface area (Å²) < 4.78 is 0.943. The summed E-state index contributed by atoms with van der Waals surface area (Å²) in [7, 11) is 0. The molecule has 0 aliphatic heterocycles. The average Bonchev–Trinajstić information content (AvgIpc) is 2.31. The first-order valence-electron chi connectivity index (χ1n) is 6.69. The van der Waals surface area contributed by atoms with Gasteiger partial charge in [0.25, 0.3) is 0 Å². The zero-order valence-electron chi connectivity index (χ0n) is 10.8. The maximum atomic E-state index is 12.5. The van der Waals surface area contributed by atoms with Crippen molar-refractivity contribution in [1.29, 1.82) is 0 Å². The number of aryl methyl sites for hydroxylation is 1. The number of hydrogen-bond donors (Lipinski definition) is 0. The van der Waals surface area contributed by atoms with Gasteiger partial charge in [-0.2, -0.15) is 0 Å². The molecule has 0 heterocycles. The van der Waals surface area contributed by atoms with Gasteiger partial charge < -0.3 is 0 Å². The highest BCUT2D eigenvalue weighted by Crippen LogP contribution is 2.26. The van der Waals surface area contributed by atoms with Crippen molar-refractivity contribution >= 4 is 21.7 Å². The van der Waals surface area contributed by atoms with Crippen LogP contribution in [0.25, 0.3) is 0 Å².